The van der Waals surface area contributed by atoms with Crippen LogP contribution >= 0.6 is 24.0 Å². The number of hydrogen-bond donors (Lipinski definition) is 2. The van der Waals surface area contributed by atoms with Gasteiger partial charge < -0.3 is 15.5 Å². The van der Waals surface area contributed by atoms with Gasteiger partial charge in [-0.15, -0.1) is 24.0 Å². The van der Waals surface area contributed by atoms with Crippen molar-refractivity contribution in [2.24, 2.45) is 4.99 Å². The van der Waals surface area contributed by atoms with Crippen LogP contribution in [-0.2, 0) is 6.54 Å². The highest BCUT2D eigenvalue weighted by Gasteiger charge is 2.16. The Morgan fingerprint density at radius 3 is 2.33 bits per heavy atom. The quantitative estimate of drug-likeness (QED) is 0.292. The van der Waals surface area contributed by atoms with E-state index in [9.17, 15) is 0 Å². The molecule has 2 N–H and O–H groups in total. The summed E-state index contributed by atoms with van der Waals surface area (Å²) in [6, 6.07) is 10.8. The molecule has 0 radical (unpaired) electrons. The maximum atomic E-state index is 4.12. The van der Waals surface area contributed by atoms with Crippen LogP contribution in [0.25, 0.3) is 0 Å². The Morgan fingerprint density at radius 1 is 1.04 bits per heavy atom. The molecule has 1 fully saturated rings. The van der Waals surface area contributed by atoms with Crippen molar-refractivity contribution in [3.63, 3.8) is 0 Å². The largest absolute Gasteiger partial charge is 0.359 e. The normalized spacial score (nSPS) is 16.5. The fourth-order valence-electron chi connectivity index (χ4n) is 2.96. The zero-order valence-corrected chi connectivity index (χ0v) is 17.3. The highest BCUT2D eigenvalue weighted by molar-refractivity contribution is 14.0. The number of unbranched alkanes of at least 4 members (excludes halogenated alkanes) is 1. The van der Waals surface area contributed by atoms with Crippen LogP contribution in [0.1, 0.15) is 18.4 Å². The van der Waals surface area contributed by atoms with E-state index < -0.39 is 0 Å². The topological polar surface area (TPSA) is 42.9 Å². The van der Waals surface area contributed by atoms with Gasteiger partial charge in [-0.25, -0.2) is 0 Å². The Morgan fingerprint density at radius 2 is 1.71 bits per heavy atom. The summed E-state index contributed by atoms with van der Waals surface area (Å²) >= 11 is 0. The molecule has 2 rings (SSSR count). The third kappa shape index (κ3) is 7.81. The number of guanidine groups is 1. The Bertz CT molecular complexity index is 458. The molecule has 1 heterocycles. The molecule has 6 heteroatoms. The molecule has 0 saturated carbocycles. The Kier molecular flexibility index (Phi) is 11.0. The van der Waals surface area contributed by atoms with Crippen LogP contribution in [0.5, 0.6) is 0 Å². The molecular weight excluding hydrogens is 413 g/mol. The van der Waals surface area contributed by atoms with E-state index in [2.05, 4.69) is 55.8 Å². The number of piperazine rings is 1. The van der Waals surface area contributed by atoms with Gasteiger partial charge in [0.05, 0.1) is 0 Å². The van der Waals surface area contributed by atoms with Gasteiger partial charge >= 0.3 is 0 Å². The predicted octanol–water partition coefficient (Wildman–Crippen LogP) is 2.00. The van der Waals surface area contributed by atoms with Gasteiger partial charge in [0.1, 0.15) is 0 Å². The minimum Gasteiger partial charge on any atom is -0.359 e. The van der Waals surface area contributed by atoms with Crippen LogP contribution in [0.2, 0.25) is 0 Å². The summed E-state index contributed by atoms with van der Waals surface area (Å²) in [6.07, 6.45) is 2.43. The molecule has 5 nitrogen and oxygen atoms in total. The molecular formula is C18H32IN5. The van der Waals surface area contributed by atoms with Gasteiger partial charge in [-0.1, -0.05) is 30.3 Å². The second-order valence-electron chi connectivity index (χ2n) is 6.06. The van der Waals surface area contributed by atoms with Crippen LogP contribution in [-0.4, -0.2) is 69.1 Å². The molecule has 0 atom stereocenters. The highest BCUT2D eigenvalue weighted by Crippen LogP contribution is 2.08. The van der Waals surface area contributed by atoms with Crippen molar-refractivity contribution in [2.75, 3.05) is 53.4 Å². The van der Waals surface area contributed by atoms with Crippen molar-refractivity contribution in [3.8, 4) is 0 Å². The zero-order valence-electron chi connectivity index (χ0n) is 15.0. The molecule has 0 aliphatic carbocycles. The summed E-state index contributed by atoms with van der Waals surface area (Å²) in [4.78, 5) is 9.27. The molecule has 0 bridgehead atoms. The van der Waals surface area contributed by atoms with Crippen molar-refractivity contribution in [1.82, 2.24) is 20.4 Å². The van der Waals surface area contributed by atoms with E-state index in [1.165, 1.54) is 51.1 Å². The summed E-state index contributed by atoms with van der Waals surface area (Å²) in [7, 11) is 3.69. The average molecular weight is 445 g/mol. The number of nitrogens with one attached hydrogen (secondary N) is 2. The third-order valence-electron chi connectivity index (χ3n) is 4.37. The first-order valence-corrected chi connectivity index (χ1v) is 8.69. The van der Waals surface area contributed by atoms with Gasteiger partial charge in [0, 0.05) is 53.4 Å². The molecule has 0 spiro atoms. The van der Waals surface area contributed by atoms with Crippen LogP contribution in [0.4, 0.5) is 0 Å². The van der Waals surface area contributed by atoms with E-state index in [0.717, 1.165) is 19.0 Å². The molecule has 1 aliphatic rings. The zero-order chi connectivity index (χ0) is 16.3. The lowest BCUT2D eigenvalue weighted by Crippen LogP contribution is -2.46. The lowest BCUT2D eigenvalue weighted by atomic mass is 10.2. The molecule has 0 aromatic heterocycles. The number of hydrogen-bond acceptors (Lipinski definition) is 3. The van der Waals surface area contributed by atoms with Crippen molar-refractivity contribution in [3.05, 3.63) is 35.9 Å². The Hall–Kier alpha value is -0.860. The average Bonchev–Trinajstić information content (AvgIpc) is 2.60. The fourth-order valence-corrected chi connectivity index (χ4v) is 2.96. The minimum absolute atomic E-state index is 0. The van der Waals surface area contributed by atoms with Crippen molar-refractivity contribution in [1.29, 1.82) is 0 Å². The summed E-state index contributed by atoms with van der Waals surface area (Å²) in [5.41, 5.74) is 1.42. The standard InChI is InChI=1S/C18H31N5.HI/c1-19-18(20-2)21-10-6-7-11-22-12-14-23(15-13-22)16-17-8-4-3-5-9-17;/h3-5,8-9H,6-7,10-16H2,1-2H3,(H2,19,20,21);1H. The number of benzene rings is 1. The van der Waals surface area contributed by atoms with Crippen molar-refractivity contribution >= 4 is 29.9 Å². The van der Waals surface area contributed by atoms with E-state index in [0.29, 0.717) is 0 Å². The highest BCUT2D eigenvalue weighted by atomic mass is 127. The molecule has 0 amide bonds. The first-order valence-electron chi connectivity index (χ1n) is 8.69. The molecule has 136 valence electrons. The second-order valence-corrected chi connectivity index (χ2v) is 6.06. The first kappa shape index (κ1) is 21.2. The summed E-state index contributed by atoms with van der Waals surface area (Å²) in [5.74, 6) is 0.875. The van der Waals surface area contributed by atoms with Gasteiger partial charge in [-0.05, 0) is 24.9 Å². The molecule has 24 heavy (non-hydrogen) atoms. The minimum atomic E-state index is 0. The Balaban J connectivity index is 0.00000288. The lowest BCUT2D eigenvalue weighted by Gasteiger charge is -2.34. The predicted molar refractivity (Wildman–Crippen MR) is 113 cm³/mol. The molecule has 1 saturated heterocycles. The van der Waals surface area contributed by atoms with Gasteiger partial charge in [-0.2, -0.15) is 0 Å². The molecule has 1 aliphatic heterocycles. The number of aliphatic imine (C=N–C) groups is 1. The van der Waals surface area contributed by atoms with Crippen molar-refractivity contribution in [2.45, 2.75) is 19.4 Å². The summed E-state index contributed by atoms with van der Waals surface area (Å²) in [6.45, 7) is 8.03. The van der Waals surface area contributed by atoms with E-state index in [4.69, 9.17) is 0 Å². The van der Waals surface area contributed by atoms with Gasteiger partial charge in [0.25, 0.3) is 0 Å². The molecule has 1 aromatic rings. The SMILES string of the molecule is CN=C(NC)NCCCCN1CCN(Cc2ccccc2)CC1.I. The fraction of sp³-hybridized carbons (Fsp3) is 0.611. The smallest absolute Gasteiger partial charge is 0.190 e. The summed E-state index contributed by atoms with van der Waals surface area (Å²) in [5, 5.41) is 6.34. The van der Waals surface area contributed by atoms with Crippen LogP contribution in [0.15, 0.2) is 35.3 Å². The Labute approximate surface area is 163 Å². The first-order chi connectivity index (χ1) is 11.3. The van der Waals surface area contributed by atoms with Gasteiger partial charge in [0.2, 0.25) is 0 Å². The number of rotatable bonds is 7. The lowest BCUT2D eigenvalue weighted by molar-refractivity contribution is 0.126. The monoisotopic (exact) mass is 445 g/mol. The van der Waals surface area contributed by atoms with E-state index >= 15 is 0 Å². The summed E-state index contributed by atoms with van der Waals surface area (Å²) < 4.78 is 0. The van der Waals surface area contributed by atoms with E-state index in [-0.39, 0.29) is 24.0 Å². The number of nitrogens with zero attached hydrogens (tertiary/aromatic N) is 3. The van der Waals surface area contributed by atoms with Crippen LogP contribution < -0.4 is 10.6 Å². The molecule has 0 unspecified atom stereocenters. The second kappa shape index (κ2) is 12.5. The molecule has 1 aromatic carbocycles. The van der Waals surface area contributed by atoms with Crippen LogP contribution in [0, 0.1) is 0 Å². The van der Waals surface area contributed by atoms with Gasteiger partial charge in [-0.3, -0.25) is 9.89 Å². The van der Waals surface area contributed by atoms with Crippen LogP contribution in [0.3, 0.4) is 0 Å². The maximum Gasteiger partial charge on any atom is 0.190 e. The number of halogens is 1. The van der Waals surface area contributed by atoms with E-state index in [1.54, 1.807) is 7.05 Å². The van der Waals surface area contributed by atoms with Crippen molar-refractivity contribution < 1.29 is 0 Å². The third-order valence-corrected chi connectivity index (χ3v) is 4.37. The van der Waals surface area contributed by atoms with E-state index in [1.807, 2.05) is 7.05 Å². The maximum absolute atomic E-state index is 4.12. The van der Waals surface area contributed by atoms with Gasteiger partial charge in [0.15, 0.2) is 5.96 Å².